The Morgan fingerprint density at radius 3 is 0.840 bits per heavy atom. The van der Waals surface area contributed by atoms with E-state index in [1.165, 1.54) is 25.7 Å². The summed E-state index contributed by atoms with van der Waals surface area (Å²) in [5.74, 6) is -0.264. The van der Waals surface area contributed by atoms with E-state index in [1.807, 2.05) is 20.8 Å². The van der Waals surface area contributed by atoms with Crippen LogP contribution in [0.1, 0.15) is 66.2 Å². The molecule has 0 rings (SSSR count). The highest BCUT2D eigenvalue weighted by molar-refractivity contribution is 5.69. The third-order valence-corrected chi connectivity index (χ3v) is 6.35. The summed E-state index contributed by atoms with van der Waals surface area (Å²) in [5.41, 5.74) is -0.473. The highest BCUT2D eigenvalue weighted by Crippen LogP contribution is 2.08. The molecule has 0 aliphatic rings. The molecule has 0 heterocycles. The van der Waals surface area contributed by atoms with E-state index in [2.05, 4.69) is 6.92 Å². The van der Waals surface area contributed by atoms with E-state index in [-0.39, 0.29) is 12.4 Å². The average molecular weight is 729 g/mol. The van der Waals surface area contributed by atoms with Crippen molar-refractivity contribution in [3.63, 3.8) is 0 Å². The zero-order valence-corrected chi connectivity index (χ0v) is 31.9. The second-order valence-electron chi connectivity index (χ2n) is 12.1. The Balaban J connectivity index is 3.09. The van der Waals surface area contributed by atoms with Gasteiger partial charge in [0.25, 0.3) is 0 Å². The first-order valence-electron chi connectivity index (χ1n) is 18.6. The summed E-state index contributed by atoms with van der Waals surface area (Å²) in [7, 11) is 0. The van der Waals surface area contributed by atoms with Gasteiger partial charge < -0.3 is 61.6 Å². The Hall–Kier alpha value is -1.01. The van der Waals surface area contributed by atoms with E-state index >= 15 is 0 Å². The van der Waals surface area contributed by atoms with Gasteiger partial charge in [0.1, 0.15) is 5.60 Å². The molecule has 300 valence electrons. The molecule has 0 N–H and O–H groups in total. The number of rotatable bonds is 42. The van der Waals surface area contributed by atoms with Gasteiger partial charge in [0.05, 0.1) is 158 Å². The molecule has 0 saturated heterocycles. The van der Waals surface area contributed by atoms with Gasteiger partial charge in [0.15, 0.2) is 0 Å². The summed E-state index contributed by atoms with van der Waals surface area (Å²) in [6.45, 7) is 20.1. The van der Waals surface area contributed by atoms with Crippen LogP contribution in [0.15, 0.2) is 0 Å². The Morgan fingerprint density at radius 2 is 0.580 bits per heavy atom. The SMILES string of the molecule is CCCCCCCOCCOCCOCCOCCOCCOCCOCCOCCOCCOCCOCCOCCC(=O)OC(C)(C)C. The van der Waals surface area contributed by atoms with E-state index in [9.17, 15) is 4.79 Å². The first-order valence-corrected chi connectivity index (χ1v) is 18.6. The molecule has 0 aromatic rings. The third-order valence-electron chi connectivity index (χ3n) is 6.35. The van der Waals surface area contributed by atoms with Crippen molar-refractivity contribution < 1.29 is 66.4 Å². The van der Waals surface area contributed by atoms with Gasteiger partial charge in [0, 0.05) is 6.61 Å². The quantitative estimate of drug-likeness (QED) is 0.0664. The molecule has 0 atom stereocenters. The first kappa shape index (κ1) is 49.0. The van der Waals surface area contributed by atoms with Crippen LogP contribution in [0.25, 0.3) is 0 Å². The van der Waals surface area contributed by atoms with Crippen LogP contribution in [0.2, 0.25) is 0 Å². The number of unbranched alkanes of at least 4 members (excludes halogenated alkanes) is 4. The van der Waals surface area contributed by atoms with Gasteiger partial charge in [-0.25, -0.2) is 0 Å². The Morgan fingerprint density at radius 1 is 0.340 bits per heavy atom. The van der Waals surface area contributed by atoms with Crippen LogP contribution < -0.4 is 0 Å². The van der Waals surface area contributed by atoms with Crippen LogP contribution in [0, 0.1) is 0 Å². The second kappa shape index (κ2) is 40.8. The van der Waals surface area contributed by atoms with Gasteiger partial charge in [-0.2, -0.15) is 0 Å². The summed E-state index contributed by atoms with van der Waals surface area (Å²) >= 11 is 0. The molecule has 0 unspecified atom stereocenters. The van der Waals surface area contributed by atoms with Crippen LogP contribution in [0.5, 0.6) is 0 Å². The molecule has 0 aromatic carbocycles. The number of carbonyl (C=O) groups excluding carboxylic acids is 1. The molecular formula is C36H72O14. The molecule has 14 heteroatoms. The van der Waals surface area contributed by atoms with Crippen molar-refractivity contribution >= 4 is 5.97 Å². The molecule has 0 aliphatic carbocycles. The van der Waals surface area contributed by atoms with Crippen LogP contribution in [0.3, 0.4) is 0 Å². The molecule has 0 fully saturated rings. The fourth-order valence-corrected chi connectivity index (χ4v) is 3.88. The molecule has 50 heavy (non-hydrogen) atoms. The van der Waals surface area contributed by atoms with E-state index in [0.29, 0.717) is 152 Å². The summed E-state index contributed by atoms with van der Waals surface area (Å²) in [5, 5.41) is 0. The lowest BCUT2D eigenvalue weighted by atomic mass is 10.2. The number of carbonyl (C=O) groups is 1. The van der Waals surface area contributed by atoms with E-state index in [4.69, 9.17) is 61.6 Å². The maximum Gasteiger partial charge on any atom is 0.308 e. The number of hydrogen-bond donors (Lipinski definition) is 0. The van der Waals surface area contributed by atoms with Crippen LogP contribution in [-0.2, 0) is 66.4 Å². The number of hydrogen-bond acceptors (Lipinski definition) is 14. The van der Waals surface area contributed by atoms with Crippen molar-refractivity contribution in [3.8, 4) is 0 Å². The molecule has 0 saturated carbocycles. The second-order valence-corrected chi connectivity index (χ2v) is 12.1. The van der Waals surface area contributed by atoms with Crippen molar-refractivity contribution in [1.82, 2.24) is 0 Å². The predicted molar refractivity (Wildman–Crippen MR) is 189 cm³/mol. The lowest BCUT2D eigenvalue weighted by Crippen LogP contribution is -2.24. The topological polar surface area (TPSA) is 137 Å². The Bertz CT molecular complexity index is 665. The molecule has 0 aromatic heterocycles. The molecule has 0 radical (unpaired) electrons. The van der Waals surface area contributed by atoms with E-state index in [0.717, 1.165) is 13.0 Å². The van der Waals surface area contributed by atoms with E-state index in [1.54, 1.807) is 0 Å². The lowest BCUT2D eigenvalue weighted by molar-refractivity contribution is -0.156. The van der Waals surface area contributed by atoms with Gasteiger partial charge >= 0.3 is 5.97 Å². The molecule has 0 aliphatic heterocycles. The normalized spacial score (nSPS) is 11.8. The highest BCUT2D eigenvalue weighted by atomic mass is 16.6. The van der Waals surface area contributed by atoms with Gasteiger partial charge in [0.2, 0.25) is 0 Å². The van der Waals surface area contributed by atoms with Gasteiger partial charge in [-0.1, -0.05) is 32.6 Å². The fourth-order valence-electron chi connectivity index (χ4n) is 3.88. The van der Waals surface area contributed by atoms with Crippen molar-refractivity contribution in [2.75, 3.05) is 159 Å². The predicted octanol–water partition coefficient (Wildman–Crippen LogP) is 3.89. The molecule has 0 bridgehead atoms. The Labute approximate surface area is 302 Å². The van der Waals surface area contributed by atoms with Crippen molar-refractivity contribution in [1.29, 1.82) is 0 Å². The lowest BCUT2D eigenvalue weighted by Gasteiger charge is -2.19. The molecular weight excluding hydrogens is 656 g/mol. The first-order chi connectivity index (χ1) is 24.5. The standard InChI is InChI=1S/C36H72O14/c1-5-6-7-8-9-11-38-13-15-40-17-19-42-21-23-44-25-27-46-29-31-48-33-34-49-32-30-47-28-26-45-24-22-43-20-18-41-16-14-39-12-10-35(37)50-36(2,3)4/h5-34H2,1-4H3. The molecule has 0 spiro atoms. The minimum Gasteiger partial charge on any atom is -0.460 e. The molecule has 14 nitrogen and oxygen atoms in total. The largest absolute Gasteiger partial charge is 0.460 e. The summed E-state index contributed by atoms with van der Waals surface area (Å²) in [6.07, 6.45) is 6.49. The molecule has 0 amide bonds. The zero-order valence-electron chi connectivity index (χ0n) is 31.9. The summed E-state index contributed by atoms with van der Waals surface area (Å²) in [4.78, 5) is 11.6. The van der Waals surface area contributed by atoms with Crippen LogP contribution in [0.4, 0.5) is 0 Å². The van der Waals surface area contributed by atoms with Gasteiger partial charge in [-0.3, -0.25) is 4.79 Å². The zero-order chi connectivity index (χ0) is 36.5. The maximum absolute atomic E-state index is 11.6. The summed E-state index contributed by atoms with van der Waals surface area (Å²) < 4.78 is 70.9. The van der Waals surface area contributed by atoms with Crippen LogP contribution >= 0.6 is 0 Å². The van der Waals surface area contributed by atoms with Crippen LogP contribution in [-0.4, -0.2) is 170 Å². The Kier molecular flexibility index (Phi) is 39.9. The number of ether oxygens (including phenoxy) is 13. The minimum absolute atomic E-state index is 0.233. The minimum atomic E-state index is -0.473. The average Bonchev–Trinajstić information content (AvgIpc) is 3.08. The monoisotopic (exact) mass is 728 g/mol. The fraction of sp³-hybridized carbons (Fsp3) is 0.972. The summed E-state index contributed by atoms with van der Waals surface area (Å²) in [6, 6.07) is 0. The smallest absolute Gasteiger partial charge is 0.308 e. The highest BCUT2D eigenvalue weighted by Gasteiger charge is 2.15. The van der Waals surface area contributed by atoms with Crippen molar-refractivity contribution in [2.45, 2.75) is 71.8 Å². The third kappa shape index (κ3) is 45.0. The number of esters is 1. The van der Waals surface area contributed by atoms with Gasteiger partial charge in [-0.15, -0.1) is 0 Å². The maximum atomic E-state index is 11.6. The van der Waals surface area contributed by atoms with E-state index < -0.39 is 5.60 Å². The van der Waals surface area contributed by atoms with Crippen molar-refractivity contribution in [2.24, 2.45) is 0 Å². The van der Waals surface area contributed by atoms with Crippen molar-refractivity contribution in [3.05, 3.63) is 0 Å². The van der Waals surface area contributed by atoms with Gasteiger partial charge in [-0.05, 0) is 27.2 Å².